The molecule has 3 N–H and O–H groups in total. The number of amides is 1. The average Bonchev–Trinajstić information content (AvgIpc) is 3.11. The summed E-state index contributed by atoms with van der Waals surface area (Å²) in [6.07, 6.45) is -0.591. The van der Waals surface area contributed by atoms with Crippen LogP contribution >= 0.6 is 0 Å². The van der Waals surface area contributed by atoms with Crippen molar-refractivity contribution in [3.05, 3.63) is 88.7 Å². The molecule has 3 aromatic rings. The van der Waals surface area contributed by atoms with Crippen LogP contribution in [0.4, 0.5) is 24.5 Å². The maximum Gasteiger partial charge on any atom is 0.416 e. The predicted octanol–water partition coefficient (Wildman–Crippen LogP) is 3.61. The molecule has 30 heavy (non-hydrogen) atoms. The Morgan fingerprint density at radius 3 is 2.60 bits per heavy atom. The lowest BCUT2D eigenvalue weighted by Gasteiger charge is -2.18. The lowest BCUT2D eigenvalue weighted by molar-refractivity contribution is -0.904. The normalized spacial score (nSPS) is 13.4. The largest absolute Gasteiger partial charge is 0.416 e. The molecule has 1 aliphatic heterocycles. The van der Waals surface area contributed by atoms with Crippen LogP contribution in [-0.2, 0) is 19.0 Å². The highest BCUT2D eigenvalue weighted by Gasteiger charge is 2.30. The van der Waals surface area contributed by atoms with Crippen LogP contribution in [0.3, 0.4) is 0 Å². The number of aromatic nitrogens is 1. The number of nitrogens with two attached hydrogens (primary N) is 1. The molecule has 8 heteroatoms. The highest BCUT2D eigenvalue weighted by molar-refractivity contribution is 5.96. The van der Waals surface area contributed by atoms with E-state index in [1.54, 1.807) is 18.2 Å². The molecule has 1 amide bonds. The summed E-state index contributed by atoms with van der Waals surface area (Å²) in [5.41, 5.74) is 8.69. The fraction of sp³-hybridized carbons (Fsp3) is 0.182. The van der Waals surface area contributed by atoms with Gasteiger partial charge >= 0.3 is 6.18 Å². The van der Waals surface area contributed by atoms with E-state index in [0.717, 1.165) is 28.1 Å². The molecule has 0 bridgehead atoms. The Balaban J connectivity index is 1.67. The number of primary amides is 1. The number of hydrogen-bond acceptors (Lipinski definition) is 3. The smallest absolute Gasteiger partial charge is 0.366 e. The van der Waals surface area contributed by atoms with Crippen molar-refractivity contribution in [1.82, 2.24) is 0 Å². The number of hydrogen-bond donors (Lipinski definition) is 2. The molecule has 0 radical (unpaired) electrons. The van der Waals surface area contributed by atoms with E-state index in [2.05, 4.69) is 0 Å². The van der Waals surface area contributed by atoms with Crippen molar-refractivity contribution in [3.8, 4) is 0 Å². The Morgan fingerprint density at radius 1 is 1.10 bits per heavy atom. The second kappa shape index (κ2) is 7.37. The van der Waals surface area contributed by atoms with Gasteiger partial charge in [-0.1, -0.05) is 24.3 Å². The highest BCUT2D eigenvalue weighted by atomic mass is 19.4. The molecule has 0 saturated carbocycles. The number of fused-ring (bicyclic) bond motifs is 1. The van der Waals surface area contributed by atoms with E-state index in [1.165, 1.54) is 18.5 Å². The molecule has 1 aromatic heterocycles. The van der Waals surface area contributed by atoms with E-state index < -0.39 is 17.6 Å². The molecule has 4 rings (SSSR count). The van der Waals surface area contributed by atoms with Crippen molar-refractivity contribution in [2.24, 2.45) is 5.73 Å². The van der Waals surface area contributed by atoms with Gasteiger partial charge in [0.15, 0.2) is 0 Å². The van der Waals surface area contributed by atoms with E-state index in [4.69, 9.17) is 5.73 Å². The zero-order valence-electron chi connectivity index (χ0n) is 15.9. The van der Waals surface area contributed by atoms with Crippen LogP contribution in [0.15, 0.2) is 60.9 Å². The van der Waals surface area contributed by atoms with Gasteiger partial charge in [-0.25, -0.2) is 0 Å². The molecule has 0 fully saturated rings. The lowest BCUT2D eigenvalue weighted by Crippen LogP contribution is -2.31. The fourth-order valence-electron chi connectivity index (χ4n) is 3.88. The quantitative estimate of drug-likeness (QED) is 0.506. The third kappa shape index (κ3) is 3.80. The Kier molecular flexibility index (Phi) is 4.85. The molecule has 0 unspecified atom stereocenters. The Labute approximate surface area is 170 Å². The SMILES string of the molecule is NC(=O)c1cccc2c1CCN2c1cc(Cc2cccc(C(F)(F)F)c2)c[n+](O)c1. The first-order valence-corrected chi connectivity index (χ1v) is 9.32. The van der Waals surface area contributed by atoms with Crippen molar-refractivity contribution in [2.45, 2.75) is 19.0 Å². The van der Waals surface area contributed by atoms with Crippen molar-refractivity contribution >= 4 is 17.3 Å². The number of benzene rings is 2. The van der Waals surface area contributed by atoms with Gasteiger partial charge in [0.2, 0.25) is 18.3 Å². The van der Waals surface area contributed by atoms with Gasteiger partial charge < -0.3 is 10.6 Å². The molecule has 0 saturated heterocycles. The van der Waals surface area contributed by atoms with E-state index in [-0.39, 0.29) is 6.42 Å². The summed E-state index contributed by atoms with van der Waals surface area (Å²) in [6.45, 7) is 0.590. The zero-order chi connectivity index (χ0) is 21.5. The van der Waals surface area contributed by atoms with Gasteiger partial charge in [-0.05, 0) is 41.8 Å². The van der Waals surface area contributed by atoms with Crippen molar-refractivity contribution < 1.29 is 27.9 Å². The molecule has 1 aliphatic rings. The van der Waals surface area contributed by atoms with Crippen molar-refractivity contribution in [2.75, 3.05) is 11.4 Å². The standard InChI is InChI=1S/C22H18F3N3O2/c23-22(24,25)16-4-1-3-14(10-16)9-15-11-17(13-27(30)12-15)28-8-7-18-19(21(26)29)5-2-6-20(18)28/h1-6,10-13H,7-9H2,(H2-,26,29,30)/p+1. The maximum absolute atomic E-state index is 13.0. The van der Waals surface area contributed by atoms with Gasteiger partial charge in [-0.3, -0.25) is 10.0 Å². The minimum absolute atomic E-state index is 0.223. The molecule has 0 atom stereocenters. The number of carbonyl (C=O) groups is 1. The third-order valence-corrected chi connectivity index (χ3v) is 5.16. The summed E-state index contributed by atoms with van der Waals surface area (Å²) in [6, 6.07) is 12.2. The first kappa shape index (κ1) is 19.8. The molecule has 2 heterocycles. The van der Waals surface area contributed by atoms with Crippen LogP contribution in [0.2, 0.25) is 0 Å². The van der Waals surface area contributed by atoms with Gasteiger partial charge in [0, 0.05) is 34.5 Å². The minimum Gasteiger partial charge on any atom is -0.366 e. The number of halogens is 3. The third-order valence-electron chi connectivity index (χ3n) is 5.16. The molecule has 5 nitrogen and oxygen atoms in total. The topological polar surface area (TPSA) is 70.4 Å². The zero-order valence-corrected chi connectivity index (χ0v) is 15.9. The van der Waals surface area contributed by atoms with Gasteiger partial charge in [0.1, 0.15) is 5.69 Å². The molecular weight excluding hydrogens is 395 g/mol. The van der Waals surface area contributed by atoms with Crippen LogP contribution < -0.4 is 15.4 Å². The molecule has 154 valence electrons. The number of anilines is 2. The van der Waals surface area contributed by atoms with E-state index >= 15 is 0 Å². The second-order valence-electron chi connectivity index (χ2n) is 7.23. The average molecular weight is 414 g/mol. The summed E-state index contributed by atoms with van der Waals surface area (Å²) in [7, 11) is 0. The van der Waals surface area contributed by atoms with Crippen molar-refractivity contribution in [3.63, 3.8) is 0 Å². The van der Waals surface area contributed by atoms with Gasteiger partial charge in [0.05, 0.1) is 5.56 Å². The minimum atomic E-state index is -4.41. The van der Waals surface area contributed by atoms with Gasteiger partial charge in [0.25, 0.3) is 0 Å². The number of carbonyl (C=O) groups excluding carboxylic acids is 1. The van der Waals surface area contributed by atoms with Gasteiger partial charge in [-0.2, -0.15) is 13.2 Å². The molecule has 0 aliphatic carbocycles. The first-order valence-electron chi connectivity index (χ1n) is 9.32. The predicted molar refractivity (Wildman–Crippen MR) is 104 cm³/mol. The Hall–Kier alpha value is -3.55. The number of alkyl halides is 3. The Bertz CT molecular complexity index is 1130. The monoisotopic (exact) mass is 414 g/mol. The summed E-state index contributed by atoms with van der Waals surface area (Å²) >= 11 is 0. The second-order valence-corrected chi connectivity index (χ2v) is 7.23. The first-order chi connectivity index (χ1) is 14.2. The molecule has 0 spiro atoms. The van der Waals surface area contributed by atoms with Gasteiger partial charge in [-0.15, -0.1) is 0 Å². The van der Waals surface area contributed by atoms with E-state index in [9.17, 15) is 23.2 Å². The van der Waals surface area contributed by atoms with Crippen molar-refractivity contribution in [1.29, 1.82) is 0 Å². The van der Waals surface area contributed by atoms with E-state index in [1.807, 2.05) is 17.0 Å². The van der Waals surface area contributed by atoms with Crippen LogP contribution in [0.5, 0.6) is 0 Å². The van der Waals surface area contributed by atoms with Crippen LogP contribution in [-0.4, -0.2) is 17.7 Å². The summed E-state index contributed by atoms with van der Waals surface area (Å²) in [5.74, 6) is -0.496. The molecule has 2 aromatic carbocycles. The van der Waals surface area contributed by atoms with Crippen LogP contribution in [0.1, 0.15) is 32.6 Å². The fourth-order valence-corrected chi connectivity index (χ4v) is 3.88. The highest BCUT2D eigenvalue weighted by Crippen LogP contribution is 2.36. The summed E-state index contributed by atoms with van der Waals surface area (Å²) in [5, 5.41) is 10.1. The van der Waals surface area contributed by atoms with Crippen LogP contribution in [0, 0.1) is 0 Å². The lowest BCUT2D eigenvalue weighted by atomic mass is 10.0. The summed E-state index contributed by atoms with van der Waals surface area (Å²) < 4.78 is 39.9. The number of pyridine rings is 1. The summed E-state index contributed by atoms with van der Waals surface area (Å²) in [4.78, 5) is 13.6. The number of rotatable bonds is 4. The number of nitrogens with zero attached hydrogens (tertiary/aromatic N) is 2. The molecular formula is C22H19F3N3O2+. The maximum atomic E-state index is 13.0. The van der Waals surface area contributed by atoms with Crippen LogP contribution in [0.25, 0.3) is 0 Å². The Morgan fingerprint density at radius 2 is 1.87 bits per heavy atom. The van der Waals surface area contributed by atoms with E-state index in [0.29, 0.717) is 35.3 Å².